The average Bonchev–Trinajstić information content (AvgIpc) is 3.18. The van der Waals surface area contributed by atoms with Gasteiger partial charge in [0.25, 0.3) is 5.91 Å². The predicted molar refractivity (Wildman–Crippen MR) is 76.1 cm³/mol. The van der Waals surface area contributed by atoms with Crippen molar-refractivity contribution in [1.29, 1.82) is 0 Å². The fourth-order valence-electron chi connectivity index (χ4n) is 2.35. The maximum absolute atomic E-state index is 12.4. The second-order valence-corrected chi connectivity index (χ2v) is 6.38. The molecule has 1 N–H and O–H groups in total. The van der Waals surface area contributed by atoms with E-state index in [-0.39, 0.29) is 12.5 Å². The number of furan rings is 1. The molecule has 21 heavy (non-hydrogen) atoms. The number of likely N-dealkylation sites (tertiary alicyclic amines) is 1. The van der Waals surface area contributed by atoms with Crippen LogP contribution in [0.15, 0.2) is 29.0 Å². The van der Waals surface area contributed by atoms with Crippen LogP contribution < -0.4 is 0 Å². The minimum Gasteiger partial charge on any atom is -0.481 e. The van der Waals surface area contributed by atoms with Crippen molar-refractivity contribution >= 4 is 23.2 Å². The van der Waals surface area contributed by atoms with Crippen molar-refractivity contribution in [3.8, 4) is 10.8 Å². The zero-order chi connectivity index (χ0) is 15.0. The Morgan fingerprint density at radius 2 is 2.33 bits per heavy atom. The van der Waals surface area contributed by atoms with E-state index in [9.17, 15) is 14.7 Å². The van der Waals surface area contributed by atoms with Gasteiger partial charge in [-0.15, -0.1) is 11.3 Å². The van der Waals surface area contributed by atoms with Crippen molar-refractivity contribution in [3.63, 3.8) is 0 Å². The van der Waals surface area contributed by atoms with Gasteiger partial charge in [-0.2, -0.15) is 0 Å². The van der Waals surface area contributed by atoms with Gasteiger partial charge in [0.1, 0.15) is 4.88 Å². The minimum absolute atomic E-state index is 0.171. The van der Waals surface area contributed by atoms with E-state index in [1.54, 1.807) is 30.2 Å². The Labute approximate surface area is 125 Å². The van der Waals surface area contributed by atoms with Crippen LogP contribution in [0, 0.1) is 5.41 Å². The first-order valence-electron chi connectivity index (χ1n) is 6.52. The molecule has 0 saturated carbocycles. The van der Waals surface area contributed by atoms with Gasteiger partial charge in [0.05, 0.1) is 17.9 Å². The van der Waals surface area contributed by atoms with E-state index in [0.717, 1.165) is 0 Å². The third-order valence-corrected chi connectivity index (χ3v) is 4.73. The Hall–Kier alpha value is -2.15. The first kappa shape index (κ1) is 13.8. The van der Waals surface area contributed by atoms with Gasteiger partial charge < -0.3 is 14.4 Å². The molecular formula is C14H14N2O4S. The number of hydrogen-bond donors (Lipinski definition) is 1. The fourth-order valence-corrected chi connectivity index (χ4v) is 3.20. The summed E-state index contributed by atoms with van der Waals surface area (Å²) in [6, 6.07) is 3.54. The normalized spacial score (nSPS) is 21.7. The summed E-state index contributed by atoms with van der Waals surface area (Å²) in [5.41, 5.74) is -0.857. The van der Waals surface area contributed by atoms with Crippen LogP contribution in [0.25, 0.3) is 10.8 Å². The number of aliphatic carboxylic acids is 1. The van der Waals surface area contributed by atoms with E-state index in [1.165, 1.54) is 17.5 Å². The average molecular weight is 306 g/mol. The number of rotatable bonds is 3. The van der Waals surface area contributed by atoms with Crippen LogP contribution in [0.1, 0.15) is 23.0 Å². The van der Waals surface area contributed by atoms with E-state index in [4.69, 9.17) is 4.42 Å². The van der Waals surface area contributed by atoms with E-state index < -0.39 is 11.4 Å². The van der Waals surface area contributed by atoms with E-state index >= 15 is 0 Å². The molecule has 110 valence electrons. The van der Waals surface area contributed by atoms with Gasteiger partial charge in [0.15, 0.2) is 10.8 Å². The number of hydrogen-bond acceptors (Lipinski definition) is 5. The summed E-state index contributed by atoms with van der Waals surface area (Å²) in [6.45, 7) is 2.36. The lowest BCUT2D eigenvalue weighted by atomic mass is 9.90. The smallest absolute Gasteiger partial charge is 0.311 e. The molecule has 6 nitrogen and oxygen atoms in total. The van der Waals surface area contributed by atoms with Crippen LogP contribution >= 0.6 is 11.3 Å². The molecule has 0 unspecified atom stereocenters. The maximum atomic E-state index is 12.4. The van der Waals surface area contributed by atoms with Crippen molar-refractivity contribution in [3.05, 3.63) is 29.5 Å². The minimum atomic E-state index is -0.863. The van der Waals surface area contributed by atoms with Crippen molar-refractivity contribution in [2.45, 2.75) is 13.3 Å². The SMILES string of the molecule is C[C@@]1(C(=O)O)CCN(C(=O)c2cnc(-c3ccco3)s2)C1. The number of nitrogens with zero attached hydrogens (tertiary/aromatic N) is 2. The Kier molecular flexibility index (Phi) is 3.29. The molecule has 3 rings (SSSR count). The lowest BCUT2D eigenvalue weighted by molar-refractivity contribution is -0.147. The van der Waals surface area contributed by atoms with Crippen LogP contribution in [0.4, 0.5) is 0 Å². The number of amides is 1. The number of carboxylic acid groups (broad SMARTS) is 1. The summed E-state index contributed by atoms with van der Waals surface area (Å²) in [5, 5.41) is 9.85. The fraction of sp³-hybridized carbons (Fsp3) is 0.357. The van der Waals surface area contributed by atoms with Crippen LogP contribution in [0.3, 0.4) is 0 Å². The highest BCUT2D eigenvalue weighted by molar-refractivity contribution is 7.16. The first-order chi connectivity index (χ1) is 9.99. The molecule has 0 radical (unpaired) electrons. The third-order valence-electron chi connectivity index (χ3n) is 3.73. The standard InChI is InChI=1S/C14H14N2O4S/c1-14(13(18)19)4-5-16(8-14)12(17)10-7-15-11(21-10)9-3-2-6-20-9/h2-3,6-7H,4-5,8H2,1H3,(H,18,19)/t14-/m1/s1. The summed E-state index contributed by atoms with van der Waals surface area (Å²) in [7, 11) is 0. The van der Waals surface area contributed by atoms with E-state index in [0.29, 0.717) is 28.6 Å². The molecule has 3 heterocycles. The van der Waals surface area contributed by atoms with E-state index in [2.05, 4.69) is 4.98 Å². The quantitative estimate of drug-likeness (QED) is 0.941. The third kappa shape index (κ3) is 2.44. The molecule has 0 bridgehead atoms. The van der Waals surface area contributed by atoms with Crippen molar-refractivity contribution < 1.29 is 19.1 Å². The summed E-state index contributed by atoms with van der Waals surface area (Å²) in [4.78, 5) is 29.9. The zero-order valence-corrected chi connectivity index (χ0v) is 12.2. The highest BCUT2D eigenvalue weighted by Gasteiger charge is 2.42. The summed E-state index contributed by atoms with van der Waals surface area (Å²) in [5.74, 6) is -0.412. The number of thiazole rings is 1. The highest BCUT2D eigenvalue weighted by atomic mass is 32.1. The number of carboxylic acids is 1. The molecule has 1 saturated heterocycles. The van der Waals surface area contributed by atoms with Gasteiger partial charge in [-0.1, -0.05) is 0 Å². The van der Waals surface area contributed by atoms with Crippen LogP contribution in [0.2, 0.25) is 0 Å². The summed E-state index contributed by atoms with van der Waals surface area (Å²) >= 11 is 1.25. The molecule has 1 aliphatic rings. The van der Waals surface area contributed by atoms with Gasteiger partial charge in [-0.3, -0.25) is 9.59 Å². The lowest BCUT2D eigenvalue weighted by Crippen LogP contribution is -2.34. The molecular weight excluding hydrogens is 292 g/mol. The second kappa shape index (κ2) is 5.00. The predicted octanol–water partition coefficient (Wildman–Crippen LogP) is 2.34. The number of aromatic nitrogens is 1. The van der Waals surface area contributed by atoms with Gasteiger partial charge in [0.2, 0.25) is 0 Å². The molecule has 2 aromatic heterocycles. The second-order valence-electron chi connectivity index (χ2n) is 5.35. The highest BCUT2D eigenvalue weighted by Crippen LogP contribution is 2.32. The molecule has 2 aromatic rings. The molecule has 0 aromatic carbocycles. The van der Waals surface area contributed by atoms with Crippen LogP contribution in [-0.4, -0.2) is 40.0 Å². The molecule has 7 heteroatoms. The lowest BCUT2D eigenvalue weighted by Gasteiger charge is -2.19. The molecule has 1 fully saturated rings. The van der Waals surface area contributed by atoms with Crippen molar-refractivity contribution in [2.75, 3.05) is 13.1 Å². The molecule has 1 aliphatic heterocycles. The number of carbonyl (C=O) groups is 2. The summed E-state index contributed by atoms with van der Waals surface area (Å²) in [6.07, 6.45) is 3.54. The van der Waals surface area contributed by atoms with Gasteiger partial charge in [-0.25, -0.2) is 4.98 Å². The largest absolute Gasteiger partial charge is 0.481 e. The maximum Gasteiger partial charge on any atom is 0.311 e. The Bertz CT molecular complexity index is 679. The zero-order valence-electron chi connectivity index (χ0n) is 11.4. The van der Waals surface area contributed by atoms with Crippen molar-refractivity contribution in [1.82, 2.24) is 9.88 Å². The molecule has 0 spiro atoms. The van der Waals surface area contributed by atoms with Crippen LogP contribution in [0.5, 0.6) is 0 Å². The molecule has 1 amide bonds. The first-order valence-corrected chi connectivity index (χ1v) is 7.34. The van der Waals surface area contributed by atoms with Gasteiger partial charge in [0, 0.05) is 13.1 Å². The van der Waals surface area contributed by atoms with Crippen LogP contribution in [-0.2, 0) is 4.79 Å². The van der Waals surface area contributed by atoms with Gasteiger partial charge in [-0.05, 0) is 25.5 Å². The van der Waals surface area contributed by atoms with Crippen molar-refractivity contribution in [2.24, 2.45) is 5.41 Å². The van der Waals surface area contributed by atoms with E-state index in [1.807, 2.05) is 0 Å². The molecule has 1 atom stereocenters. The Morgan fingerprint density at radius 3 is 2.95 bits per heavy atom. The van der Waals surface area contributed by atoms with Gasteiger partial charge >= 0.3 is 5.97 Å². The molecule has 0 aliphatic carbocycles. The summed E-state index contributed by atoms with van der Waals surface area (Å²) < 4.78 is 5.25. The Morgan fingerprint density at radius 1 is 1.52 bits per heavy atom. The topological polar surface area (TPSA) is 83.6 Å². The number of carbonyl (C=O) groups excluding carboxylic acids is 1. The Balaban J connectivity index is 1.76. The monoisotopic (exact) mass is 306 g/mol.